The Hall–Kier alpha value is -4.52. The normalized spacial score (nSPS) is 17.0. The number of aliphatic hydroxyl groups is 2. The van der Waals surface area contributed by atoms with E-state index in [4.69, 9.17) is 9.47 Å². The van der Waals surface area contributed by atoms with Crippen LogP contribution in [0.5, 0.6) is 11.5 Å². The van der Waals surface area contributed by atoms with Gasteiger partial charge in [-0.05, 0) is 49.0 Å². The summed E-state index contributed by atoms with van der Waals surface area (Å²) in [5.41, 5.74) is 2.77. The third kappa shape index (κ3) is 5.39. The average Bonchev–Trinajstić information content (AvgIpc) is 3.38. The van der Waals surface area contributed by atoms with Crippen molar-refractivity contribution in [3.8, 4) is 22.8 Å². The lowest BCUT2D eigenvalue weighted by atomic mass is 10.1. The molecule has 0 fully saturated rings. The lowest BCUT2D eigenvalue weighted by Gasteiger charge is -2.39. The van der Waals surface area contributed by atoms with Crippen LogP contribution in [0.25, 0.3) is 11.3 Å². The Morgan fingerprint density at radius 1 is 1.03 bits per heavy atom. The molecular weight excluding hydrogens is 502 g/mol. The molecule has 1 aliphatic rings. The van der Waals surface area contributed by atoms with Crippen LogP contribution in [0, 0.1) is 0 Å². The number of carbonyl (C=O) groups is 1. The first-order chi connectivity index (χ1) is 18.9. The number of carbonyl (C=O) groups excluding carboxylic acids is 1. The van der Waals surface area contributed by atoms with Gasteiger partial charge in [0.25, 0.3) is 0 Å². The molecule has 2 atom stereocenters. The van der Waals surface area contributed by atoms with Crippen molar-refractivity contribution in [1.29, 1.82) is 0 Å². The van der Waals surface area contributed by atoms with Gasteiger partial charge in [-0.25, -0.2) is 9.88 Å². The molecule has 1 amide bonds. The zero-order chi connectivity index (χ0) is 27.5. The van der Waals surface area contributed by atoms with Crippen molar-refractivity contribution in [1.82, 2.24) is 24.6 Å². The van der Waals surface area contributed by atoms with Gasteiger partial charge in [-0.2, -0.15) is 0 Å². The van der Waals surface area contributed by atoms with E-state index in [0.717, 1.165) is 16.9 Å². The summed E-state index contributed by atoms with van der Waals surface area (Å²) < 4.78 is 12.8. The number of para-hydroxylation sites is 1. The molecular formula is C27H29N7O5. The summed E-state index contributed by atoms with van der Waals surface area (Å²) in [7, 11) is 4.86. The maximum Gasteiger partial charge on any atom is 0.245 e. The van der Waals surface area contributed by atoms with Crippen molar-refractivity contribution in [2.24, 2.45) is 0 Å². The van der Waals surface area contributed by atoms with Gasteiger partial charge in [-0.15, -0.1) is 10.2 Å². The van der Waals surface area contributed by atoms with Gasteiger partial charge in [-0.3, -0.25) is 4.79 Å². The van der Waals surface area contributed by atoms with Crippen LogP contribution in [0.2, 0.25) is 0 Å². The minimum atomic E-state index is -1.12. The summed E-state index contributed by atoms with van der Waals surface area (Å²) in [5, 5.41) is 32.0. The van der Waals surface area contributed by atoms with E-state index < -0.39 is 12.6 Å². The Kier molecular flexibility index (Phi) is 7.41. The summed E-state index contributed by atoms with van der Waals surface area (Å²) in [6, 6.07) is 18.6. The molecule has 0 bridgehead atoms. The highest BCUT2D eigenvalue weighted by molar-refractivity contribution is 5.89. The van der Waals surface area contributed by atoms with Crippen LogP contribution < -0.4 is 19.7 Å². The summed E-state index contributed by atoms with van der Waals surface area (Å²) in [6.45, 7) is 0.266. The minimum Gasteiger partial charge on any atom is -0.497 e. The Balaban J connectivity index is 1.24. The SMILES string of the molecule is COc1ccc(COc2ccccc2-c2ccc(NC(=O)Cn3cnc4c3C(O)N(C)C(O)N4C)nn2)cc1. The Labute approximate surface area is 225 Å². The molecule has 2 unspecified atom stereocenters. The molecule has 0 spiro atoms. The number of imidazole rings is 1. The Morgan fingerprint density at radius 3 is 2.51 bits per heavy atom. The largest absolute Gasteiger partial charge is 0.497 e. The number of anilines is 2. The second-order valence-electron chi connectivity index (χ2n) is 9.06. The average molecular weight is 532 g/mol. The van der Waals surface area contributed by atoms with Gasteiger partial charge in [0.2, 0.25) is 5.91 Å². The second-order valence-corrected chi connectivity index (χ2v) is 9.06. The van der Waals surface area contributed by atoms with Crippen LogP contribution >= 0.6 is 0 Å². The Morgan fingerprint density at radius 2 is 1.79 bits per heavy atom. The first-order valence-electron chi connectivity index (χ1n) is 12.2. The van der Waals surface area contributed by atoms with Gasteiger partial charge in [0, 0.05) is 12.6 Å². The number of aliphatic hydroxyl groups excluding tert-OH is 2. The topological polar surface area (TPSA) is 138 Å². The molecule has 202 valence electrons. The van der Waals surface area contributed by atoms with Crippen LogP contribution in [0.15, 0.2) is 67.0 Å². The fourth-order valence-corrected chi connectivity index (χ4v) is 4.31. The van der Waals surface area contributed by atoms with E-state index in [9.17, 15) is 15.0 Å². The Bertz CT molecular complexity index is 1440. The number of aromatic nitrogens is 4. The van der Waals surface area contributed by atoms with Crippen molar-refractivity contribution >= 4 is 17.5 Å². The van der Waals surface area contributed by atoms with E-state index in [1.54, 1.807) is 33.3 Å². The highest BCUT2D eigenvalue weighted by Gasteiger charge is 2.37. The predicted molar refractivity (Wildman–Crippen MR) is 143 cm³/mol. The first-order valence-corrected chi connectivity index (χ1v) is 12.2. The van der Waals surface area contributed by atoms with Crippen molar-refractivity contribution < 1.29 is 24.5 Å². The van der Waals surface area contributed by atoms with Gasteiger partial charge < -0.3 is 34.5 Å². The predicted octanol–water partition coefficient (Wildman–Crippen LogP) is 2.21. The maximum atomic E-state index is 12.8. The molecule has 2 aromatic carbocycles. The summed E-state index contributed by atoms with van der Waals surface area (Å²) in [4.78, 5) is 19.9. The highest BCUT2D eigenvalue weighted by atomic mass is 16.5. The third-order valence-corrected chi connectivity index (χ3v) is 6.50. The number of nitrogens with zero attached hydrogens (tertiary/aromatic N) is 6. The number of ether oxygens (including phenoxy) is 2. The number of fused-ring (bicyclic) bond motifs is 1. The number of amides is 1. The number of rotatable bonds is 8. The molecule has 12 heteroatoms. The van der Waals surface area contributed by atoms with Gasteiger partial charge in [0.1, 0.15) is 30.3 Å². The standard InChI is InChI=1S/C27H29N7O5/c1-32-25-24(26(36)33(2)27(32)37)34(16-28-25)14-23(35)29-22-13-12-20(30-31-22)19-6-4-5-7-21(19)39-15-17-8-10-18(38-3)11-9-17/h4-13,16,26-27,36-37H,14-15H2,1-3H3,(H,29,31,35). The number of benzene rings is 2. The monoisotopic (exact) mass is 531 g/mol. The van der Waals surface area contributed by atoms with E-state index in [1.807, 2.05) is 48.5 Å². The van der Waals surface area contributed by atoms with Gasteiger partial charge in [0.15, 0.2) is 24.2 Å². The van der Waals surface area contributed by atoms with E-state index in [1.165, 1.54) is 20.7 Å². The highest BCUT2D eigenvalue weighted by Crippen LogP contribution is 2.34. The molecule has 0 aliphatic carbocycles. The molecule has 0 radical (unpaired) electrons. The second kappa shape index (κ2) is 11.1. The molecule has 0 saturated heterocycles. The molecule has 1 aliphatic heterocycles. The number of hydrogen-bond donors (Lipinski definition) is 3. The van der Waals surface area contributed by atoms with E-state index in [-0.39, 0.29) is 18.3 Å². The van der Waals surface area contributed by atoms with Crippen molar-refractivity contribution in [2.75, 3.05) is 31.4 Å². The lowest BCUT2D eigenvalue weighted by molar-refractivity contribution is -0.117. The van der Waals surface area contributed by atoms with Crippen LogP contribution in [-0.2, 0) is 17.9 Å². The summed E-state index contributed by atoms with van der Waals surface area (Å²) >= 11 is 0. The zero-order valence-corrected chi connectivity index (χ0v) is 21.7. The number of methoxy groups -OCH3 is 1. The molecule has 3 N–H and O–H groups in total. The minimum absolute atomic E-state index is 0.108. The van der Waals surface area contributed by atoms with Crippen LogP contribution in [0.4, 0.5) is 11.6 Å². The molecule has 12 nitrogen and oxygen atoms in total. The van der Waals surface area contributed by atoms with Crippen LogP contribution in [0.3, 0.4) is 0 Å². The van der Waals surface area contributed by atoms with Crippen LogP contribution in [0.1, 0.15) is 17.5 Å². The maximum absolute atomic E-state index is 12.8. The van der Waals surface area contributed by atoms with Crippen molar-refractivity contribution in [3.05, 3.63) is 78.2 Å². The van der Waals surface area contributed by atoms with Gasteiger partial charge in [0.05, 0.1) is 19.1 Å². The third-order valence-electron chi connectivity index (χ3n) is 6.50. The molecule has 4 aromatic rings. The van der Waals surface area contributed by atoms with Crippen LogP contribution in [-0.4, -0.2) is 68.3 Å². The van der Waals surface area contributed by atoms with Gasteiger partial charge in [-0.1, -0.05) is 24.3 Å². The molecule has 2 aromatic heterocycles. The number of hydrogen-bond acceptors (Lipinski definition) is 10. The molecule has 0 saturated carbocycles. The smallest absolute Gasteiger partial charge is 0.245 e. The molecule has 5 rings (SSSR count). The molecule has 39 heavy (non-hydrogen) atoms. The van der Waals surface area contributed by atoms with Crippen molar-refractivity contribution in [3.63, 3.8) is 0 Å². The zero-order valence-electron chi connectivity index (χ0n) is 21.7. The quantitative estimate of drug-likeness (QED) is 0.310. The van der Waals surface area contributed by atoms with Crippen molar-refractivity contribution in [2.45, 2.75) is 25.7 Å². The first kappa shape index (κ1) is 26.1. The van der Waals surface area contributed by atoms with E-state index in [2.05, 4.69) is 20.5 Å². The van der Waals surface area contributed by atoms with E-state index in [0.29, 0.717) is 29.6 Å². The fourth-order valence-electron chi connectivity index (χ4n) is 4.31. The summed E-state index contributed by atoms with van der Waals surface area (Å²) in [5.74, 6) is 1.74. The summed E-state index contributed by atoms with van der Waals surface area (Å²) in [6.07, 6.45) is -0.697. The van der Waals surface area contributed by atoms with E-state index >= 15 is 0 Å². The number of nitrogens with one attached hydrogen (secondary N) is 1. The van der Waals surface area contributed by atoms with Gasteiger partial charge >= 0.3 is 0 Å². The fraction of sp³-hybridized carbons (Fsp3) is 0.259. The molecule has 3 heterocycles. The lowest BCUT2D eigenvalue weighted by Crippen LogP contribution is -2.51.